The molecule has 120 valence electrons. The SMILES string of the molecule is CN(C)CCN1CCN(S(=O)(=O)c2cc(Br)c(Cl)s2)CC1. The molecular weight excluding hydrogens is 398 g/mol. The highest BCUT2D eigenvalue weighted by Gasteiger charge is 2.30. The summed E-state index contributed by atoms with van der Waals surface area (Å²) in [6.45, 7) is 4.56. The summed E-state index contributed by atoms with van der Waals surface area (Å²) >= 11 is 10.3. The summed E-state index contributed by atoms with van der Waals surface area (Å²) in [5.74, 6) is 0. The van der Waals surface area contributed by atoms with Crippen LogP contribution in [0.2, 0.25) is 4.34 Å². The van der Waals surface area contributed by atoms with E-state index < -0.39 is 10.0 Å². The maximum Gasteiger partial charge on any atom is 0.252 e. The van der Waals surface area contributed by atoms with E-state index in [2.05, 4.69) is 25.7 Å². The maximum atomic E-state index is 12.6. The fourth-order valence-corrected chi connectivity index (χ4v) is 5.99. The van der Waals surface area contributed by atoms with Crippen molar-refractivity contribution in [3.63, 3.8) is 0 Å². The zero-order valence-corrected chi connectivity index (χ0v) is 16.0. The lowest BCUT2D eigenvalue weighted by molar-refractivity contribution is 0.175. The summed E-state index contributed by atoms with van der Waals surface area (Å²) in [7, 11) is 0.663. The van der Waals surface area contributed by atoms with Crippen LogP contribution in [0.4, 0.5) is 0 Å². The molecular formula is C12H19BrClN3O2S2. The standard InChI is InChI=1S/C12H19BrClN3O2S2/c1-15(2)3-4-16-5-7-17(8-6-16)21(18,19)11-9-10(13)12(14)20-11/h9H,3-8H2,1-2H3. The van der Waals surface area contributed by atoms with E-state index in [9.17, 15) is 8.42 Å². The van der Waals surface area contributed by atoms with Gasteiger partial charge in [0, 0.05) is 43.7 Å². The van der Waals surface area contributed by atoms with Gasteiger partial charge < -0.3 is 4.90 Å². The number of sulfonamides is 1. The van der Waals surface area contributed by atoms with Crippen molar-refractivity contribution in [2.24, 2.45) is 0 Å². The highest BCUT2D eigenvalue weighted by atomic mass is 79.9. The Morgan fingerprint density at radius 2 is 1.95 bits per heavy atom. The average Bonchev–Trinajstić information content (AvgIpc) is 2.77. The molecule has 1 fully saturated rings. The van der Waals surface area contributed by atoms with Gasteiger partial charge in [-0.1, -0.05) is 11.6 Å². The second-order valence-corrected chi connectivity index (χ2v) is 9.91. The first-order valence-electron chi connectivity index (χ1n) is 6.63. The van der Waals surface area contributed by atoms with E-state index in [4.69, 9.17) is 11.6 Å². The average molecular weight is 417 g/mol. The van der Waals surface area contributed by atoms with Crippen LogP contribution in [0.25, 0.3) is 0 Å². The highest BCUT2D eigenvalue weighted by molar-refractivity contribution is 9.10. The lowest BCUT2D eigenvalue weighted by Crippen LogP contribution is -2.49. The summed E-state index contributed by atoms with van der Waals surface area (Å²) < 4.78 is 28.1. The van der Waals surface area contributed by atoms with Gasteiger partial charge in [-0.3, -0.25) is 4.90 Å². The van der Waals surface area contributed by atoms with Crippen LogP contribution in [0.1, 0.15) is 0 Å². The van der Waals surface area contributed by atoms with Crippen LogP contribution in [0, 0.1) is 0 Å². The first-order chi connectivity index (χ1) is 9.80. The van der Waals surface area contributed by atoms with Gasteiger partial charge in [0.05, 0.1) is 0 Å². The molecule has 0 aliphatic carbocycles. The molecule has 1 aliphatic heterocycles. The smallest absolute Gasteiger partial charge is 0.252 e. The topological polar surface area (TPSA) is 43.9 Å². The highest BCUT2D eigenvalue weighted by Crippen LogP contribution is 2.36. The first-order valence-corrected chi connectivity index (χ1v) is 10.1. The Labute approximate surface area is 143 Å². The Balaban J connectivity index is 1.98. The molecule has 21 heavy (non-hydrogen) atoms. The zero-order valence-electron chi connectivity index (χ0n) is 12.1. The molecule has 0 unspecified atom stereocenters. The number of hydrogen-bond acceptors (Lipinski definition) is 5. The van der Waals surface area contributed by atoms with Gasteiger partial charge in [-0.15, -0.1) is 11.3 Å². The fourth-order valence-electron chi connectivity index (χ4n) is 2.12. The minimum absolute atomic E-state index is 0.307. The molecule has 0 saturated carbocycles. The molecule has 0 radical (unpaired) electrons. The number of thiophene rings is 1. The number of nitrogens with zero attached hydrogens (tertiary/aromatic N) is 3. The van der Waals surface area contributed by atoms with Crippen LogP contribution >= 0.6 is 38.9 Å². The molecule has 0 amide bonds. The Morgan fingerprint density at radius 3 is 2.43 bits per heavy atom. The Hall–Kier alpha value is 0.300. The third-order valence-corrected chi connectivity index (χ3v) is 8.23. The molecule has 0 bridgehead atoms. The normalized spacial score (nSPS) is 18.5. The summed E-state index contributed by atoms with van der Waals surface area (Å²) in [5, 5.41) is 0. The summed E-state index contributed by atoms with van der Waals surface area (Å²) in [5.41, 5.74) is 0. The van der Waals surface area contributed by atoms with Gasteiger partial charge in [0.1, 0.15) is 8.55 Å². The minimum Gasteiger partial charge on any atom is -0.308 e. The van der Waals surface area contributed by atoms with Crippen LogP contribution in [0.5, 0.6) is 0 Å². The number of piperazine rings is 1. The molecule has 0 atom stereocenters. The Bertz CT molecular complexity index is 564. The van der Waals surface area contributed by atoms with E-state index in [1.165, 1.54) is 0 Å². The molecule has 2 heterocycles. The third-order valence-electron chi connectivity index (χ3n) is 3.41. The van der Waals surface area contributed by atoms with Crippen LogP contribution in [0.15, 0.2) is 14.7 Å². The number of halogens is 2. The first kappa shape index (κ1) is 17.7. The lowest BCUT2D eigenvalue weighted by atomic mass is 10.3. The predicted molar refractivity (Wildman–Crippen MR) is 90.8 cm³/mol. The van der Waals surface area contributed by atoms with Gasteiger partial charge in [0.15, 0.2) is 0 Å². The Morgan fingerprint density at radius 1 is 1.33 bits per heavy atom. The van der Waals surface area contributed by atoms with E-state index in [0.717, 1.165) is 37.5 Å². The van der Waals surface area contributed by atoms with Crippen molar-refractivity contribution in [2.75, 3.05) is 53.4 Å². The van der Waals surface area contributed by atoms with E-state index in [1.807, 2.05) is 14.1 Å². The molecule has 2 rings (SSSR count). The lowest BCUT2D eigenvalue weighted by Gasteiger charge is -2.34. The van der Waals surface area contributed by atoms with Crippen molar-refractivity contribution in [1.29, 1.82) is 0 Å². The molecule has 0 spiro atoms. The van der Waals surface area contributed by atoms with Crippen molar-refractivity contribution in [2.45, 2.75) is 4.21 Å². The van der Waals surface area contributed by atoms with Gasteiger partial charge in [0.25, 0.3) is 10.0 Å². The van der Waals surface area contributed by atoms with Crippen LogP contribution in [-0.2, 0) is 10.0 Å². The van der Waals surface area contributed by atoms with Crippen LogP contribution in [-0.4, -0.2) is 75.9 Å². The summed E-state index contributed by atoms with van der Waals surface area (Å²) in [4.78, 5) is 4.43. The van der Waals surface area contributed by atoms with E-state index in [-0.39, 0.29) is 0 Å². The molecule has 5 nitrogen and oxygen atoms in total. The van der Waals surface area contributed by atoms with Gasteiger partial charge in [-0.05, 0) is 36.1 Å². The number of rotatable bonds is 5. The monoisotopic (exact) mass is 415 g/mol. The fraction of sp³-hybridized carbons (Fsp3) is 0.667. The zero-order chi connectivity index (χ0) is 15.6. The summed E-state index contributed by atoms with van der Waals surface area (Å²) in [6.07, 6.45) is 0. The second-order valence-electron chi connectivity index (χ2n) is 5.24. The second kappa shape index (κ2) is 7.25. The quantitative estimate of drug-likeness (QED) is 0.737. The van der Waals surface area contributed by atoms with Gasteiger partial charge in [0.2, 0.25) is 0 Å². The molecule has 1 aromatic rings. The predicted octanol–water partition coefficient (Wildman–Crippen LogP) is 2.03. The van der Waals surface area contributed by atoms with Crippen molar-refractivity contribution in [1.82, 2.24) is 14.1 Å². The van der Waals surface area contributed by atoms with Gasteiger partial charge in [-0.25, -0.2) is 8.42 Å². The summed E-state index contributed by atoms with van der Waals surface area (Å²) in [6, 6.07) is 1.58. The number of hydrogen-bond donors (Lipinski definition) is 0. The van der Waals surface area contributed by atoms with Gasteiger partial charge >= 0.3 is 0 Å². The molecule has 0 aromatic carbocycles. The minimum atomic E-state index is -3.42. The van der Waals surface area contributed by atoms with Crippen molar-refractivity contribution in [3.8, 4) is 0 Å². The molecule has 9 heteroatoms. The molecule has 1 saturated heterocycles. The number of likely N-dealkylation sites (N-methyl/N-ethyl adjacent to an activating group) is 1. The maximum absolute atomic E-state index is 12.6. The van der Waals surface area contributed by atoms with E-state index >= 15 is 0 Å². The molecule has 1 aliphatic rings. The molecule has 1 aromatic heterocycles. The van der Waals surface area contributed by atoms with Crippen LogP contribution in [0.3, 0.4) is 0 Å². The van der Waals surface area contributed by atoms with Gasteiger partial charge in [-0.2, -0.15) is 4.31 Å². The third kappa shape index (κ3) is 4.40. The van der Waals surface area contributed by atoms with E-state index in [1.54, 1.807) is 10.4 Å². The Kier molecular flexibility index (Phi) is 6.09. The van der Waals surface area contributed by atoms with Crippen molar-refractivity contribution < 1.29 is 8.42 Å². The van der Waals surface area contributed by atoms with E-state index in [0.29, 0.717) is 26.1 Å². The van der Waals surface area contributed by atoms with Crippen molar-refractivity contribution >= 4 is 48.9 Å². The van der Waals surface area contributed by atoms with Crippen molar-refractivity contribution in [3.05, 3.63) is 14.9 Å². The largest absolute Gasteiger partial charge is 0.308 e. The molecule has 0 N–H and O–H groups in total. The van der Waals surface area contributed by atoms with Crippen LogP contribution < -0.4 is 0 Å².